The Morgan fingerprint density at radius 2 is 2.47 bits per heavy atom. The van der Waals surface area contributed by atoms with E-state index in [1.54, 1.807) is 13.1 Å². The van der Waals surface area contributed by atoms with Crippen LogP contribution in [0.25, 0.3) is 0 Å². The minimum atomic E-state index is -0.815. The Morgan fingerprint density at radius 3 is 3.00 bits per heavy atom. The lowest BCUT2D eigenvalue weighted by Gasteiger charge is -2.27. The van der Waals surface area contributed by atoms with Crippen LogP contribution in [-0.2, 0) is 0 Å². The second kappa shape index (κ2) is 4.50. The molecule has 1 amide bonds. The van der Waals surface area contributed by atoms with E-state index < -0.39 is 5.60 Å². The van der Waals surface area contributed by atoms with E-state index in [9.17, 15) is 9.90 Å². The molecule has 1 atom stereocenters. The molecule has 2 rings (SSSR count). The summed E-state index contributed by atoms with van der Waals surface area (Å²) in [5, 5.41) is 13.3. The van der Waals surface area contributed by atoms with Crippen molar-refractivity contribution in [3.8, 4) is 0 Å². The number of hydrogen-bond acceptors (Lipinski definition) is 4. The maximum absolute atomic E-state index is 12.1. The number of β-amino-alcohol motifs (C(OH)–C–C–N with tert-alkyl or cyclic N) is 1. The van der Waals surface area contributed by atoms with Gasteiger partial charge >= 0.3 is 0 Å². The summed E-state index contributed by atoms with van der Waals surface area (Å²) in [4.78, 5) is 13.6. The Kier molecular flexibility index (Phi) is 3.22. The van der Waals surface area contributed by atoms with Gasteiger partial charge < -0.3 is 19.7 Å². The summed E-state index contributed by atoms with van der Waals surface area (Å²) in [7, 11) is 1.68. The third-order valence-electron chi connectivity index (χ3n) is 3.16. The molecule has 0 bridgehead atoms. The molecule has 0 aliphatic carbocycles. The first-order valence-corrected chi connectivity index (χ1v) is 5.74. The zero-order valence-electron chi connectivity index (χ0n) is 10.2. The van der Waals surface area contributed by atoms with E-state index in [1.165, 1.54) is 11.2 Å². The Bertz CT molecular complexity index is 408. The van der Waals surface area contributed by atoms with Crippen molar-refractivity contribution in [1.82, 2.24) is 10.2 Å². The van der Waals surface area contributed by atoms with Crippen LogP contribution >= 0.6 is 0 Å². The molecule has 2 N–H and O–H groups in total. The zero-order valence-corrected chi connectivity index (χ0v) is 10.2. The zero-order chi connectivity index (χ0) is 12.5. The first kappa shape index (κ1) is 12.1. The second-order valence-corrected chi connectivity index (χ2v) is 4.75. The van der Waals surface area contributed by atoms with Crippen molar-refractivity contribution in [3.63, 3.8) is 0 Å². The fourth-order valence-corrected chi connectivity index (χ4v) is 2.14. The predicted molar refractivity (Wildman–Crippen MR) is 62.8 cm³/mol. The summed E-state index contributed by atoms with van der Waals surface area (Å²) in [6, 6.07) is 1.76. The summed E-state index contributed by atoms with van der Waals surface area (Å²) < 4.78 is 5.16. The van der Waals surface area contributed by atoms with E-state index in [1.807, 2.05) is 6.92 Å². The molecule has 1 aliphatic heterocycles. The summed E-state index contributed by atoms with van der Waals surface area (Å²) in [5.41, 5.74) is 0.00337. The van der Waals surface area contributed by atoms with Crippen LogP contribution in [0.2, 0.25) is 0 Å². The van der Waals surface area contributed by atoms with Crippen molar-refractivity contribution in [3.05, 3.63) is 23.7 Å². The molecule has 0 spiro atoms. The Morgan fingerprint density at radius 1 is 1.71 bits per heavy atom. The molecule has 1 fully saturated rings. The van der Waals surface area contributed by atoms with Gasteiger partial charge in [0.1, 0.15) is 0 Å². The van der Waals surface area contributed by atoms with Gasteiger partial charge in [-0.1, -0.05) is 0 Å². The Hall–Kier alpha value is -1.33. The minimum Gasteiger partial charge on any atom is -0.459 e. The number of hydrogen-bond donors (Lipinski definition) is 2. The van der Waals surface area contributed by atoms with Crippen LogP contribution < -0.4 is 5.32 Å². The normalized spacial score (nSPS) is 23.9. The van der Waals surface area contributed by atoms with Gasteiger partial charge in [0.25, 0.3) is 5.91 Å². The Labute approximate surface area is 100 Å². The van der Waals surface area contributed by atoms with Gasteiger partial charge in [-0.15, -0.1) is 0 Å². The van der Waals surface area contributed by atoms with Crippen molar-refractivity contribution in [1.29, 1.82) is 0 Å². The van der Waals surface area contributed by atoms with Gasteiger partial charge in [-0.2, -0.15) is 0 Å². The van der Waals surface area contributed by atoms with E-state index in [4.69, 9.17) is 4.42 Å². The molecule has 1 saturated heterocycles. The number of nitrogens with one attached hydrogen (secondary N) is 1. The fourth-order valence-electron chi connectivity index (χ4n) is 2.14. The molecule has 1 aliphatic rings. The standard InChI is InChI=1S/C12H18N2O3/c1-9-3-6-17-10(9)11(15)14(2)8-12(16)4-5-13-7-12/h3,6,13,16H,4-5,7-8H2,1-2H3. The van der Waals surface area contributed by atoms with E-state index >= 15 is 0 Å². The minimum absolute atomic E-state index is 0.187. The molecule has 0 aromatic carbocycles. The van der Waals surface area contributed by atoms with Crippen LogP contribution in [0.5, 0.6) is 0 Å². The number of carbonyl (C=O) groups is 1. The lowest BCUT2D eigenvalue weighted by Crippen LogP contribution is -2.45. The number of nitrogens with zero attached hydrogens (tertiary/aromatic N) is 1. The second-order valence-electron chi connectivity index (χ2n) is 4.75. The number of furan rings is 1. The first-order valence-electron chi connectivity index (χ1n) is 5.74. The maximum Gasteiger partial charge on any atom is 0.289 e. The van der Waals surface area contributed by atoms with Gasteiger partial charge in [0.15, 0.2) is 5.76 Å². The quantitative estimate of drug-likeness (QED) is 0.799. The summed E-state index contributed by atoms with van der Waals surface area (Å²) in [6.07, 6.45) is 2.17. The third kappa shape index (κ3) is 2.50. The van der Waals surface area contributed by atoms with E-state index in [2.05, 4.69) is 5.32 Å². The van der Waals surface area contributed by atoms with E-state index in [-0.39, 0.29) is 5.91 Å². The van der Waals surface area contributed by atoms with Gasteiger partial charge in [-0.05, 0) is 26.0 Å². The molecular weight excluding hydrogens is 220 g/mol. The molecule has 1 unspecified atom stereocenters. The molecule has 17 heavy (non-hydrogen) atoms. The van der Waals surface area contributed by atoms with Gasteiger partial charge in [-0.3, -0.25) is 4.79 Å². The van der Waals surface area contributed by atoms with Crippen molar-refractivity contribution >= 4 is 5.91 Å². The number of carbonyl (C=O) groups excluding carboxylic acids is 1. The largest absolute Gasteiger partial charge is 0.459 e. The molecule has 2 heterocycles. The predicted octanol–water partition coefficient (Wildman–Crippen LogP) is 0.384. The smallest absolute Gasteiger partial charge is 0.289 e. The van der Waals surface area contributed by atoms with Gasteiger partial charge in [0.2, 0.25) is 0 Å². The van der Waals surface area contributed by atoms with Gasteiger partial charge in [-0.25, -0.2) is 0 Å². The number of rotatable bonds is 3. The summed E-state index contributed by atoms with van der Waals surface area (Å²) in [6.45, 7) is 3.47. The molecule has 1 aromatic heterocycles. The van der Waals surface area contributed by atoms with Crippen LogP contribution in [0.3, 0.4) is 0 Å². The first-order chi connectivity index (χ1) is 8.02. The SMILES string of the molecule is Cc1ccoc1C(=O)N(C)CC1(O)CCNC1. The lowest BCUT2D eigenvalue weighted by molar-refractivity contribution is 0.0239. The fraction of sp³-hybridized carbons (Fsp3) is 0.583. The van der Waals surface area contributed by atoms with Crippen molar-refractivity contribution in [2.24, 2.45) is 0 Å². The van der Waals surface area contributed by atoms with Crippen molar-refractivity contribution in [2.45, 2.75) is 18.9 Å². The molecule has 0 saturated carbocycles. The average molecular weight is 238 g/mol. The number of amides is 1. The summed E-state index contributed by atoms with van der Waals surface area (Å²) >= 11 is 0. The monoisotopic (exact) mass is 238 g/mol. The van der Waals surface area contributed by atoms with Crippen molar-refractivity contribution in [2.75, 3.05) is 26.7 Å². The van der Waals surface area contributed by atoms with Crippen LogP contribution in [0.1, 0.15) is 22.5 Å². The average Bonchev–Trinajstić information content (AvgIpc) is 2.86. The van der Waals surface area contributed by atoms with Crippen molar-refractivity contribution < 1.29 is 14.3 Å². The number of aliphatic hydroxyl groups is 1. The lowest BCUT2D eigenvalue weighted by atomic mass is 10.0. The van der Waals surface area contributed by atoms with Crippen LogP contribution in [0.4, 0.5) is 0 Å². The molecule has 5 nitrogen and oxygen atoms in total. The molecule has 94 valence electrons. The van der Waals surface area contributed by atoms with Crippen LogP contribution in [0.15, 0.2) is 16.7 Å². The number of likely N-dealkylation sites (N-methyl/N-ethyl adjacent to an activating group) is 1. The van der Waals surface area contributed by atoms with E-state index in [0.717, 1.165) is 12.1 Å². The van der Waals surface area contributed by atoms with E-state index in [0.29, 0.717) is 25.3 Å². The molecule has 0 radical (unpaired) electrons. The van der Waals surface area contributed by atoms with Gasteiger partial charge in [0.05, 0.1) is 18.4 Å². The highest BCUT2D eigenvalue weighted by molar-refractivity contribution is 5.92. The number of aryl methyl sites for hydroxylation is 1. The Balaban J connectivity index is 2.03. The summed E-state index contributed by atoms with van der Waals surface area (Å²) in [5.74, 6) is 0.162. The molecule has 5 heteroatoms. The van der Waals surface area contributed by atoms with Crippen LogP contribution in [0, 0.1) is 6.92 Å². The molecular formula is C12H18N2O3. The highest BCUT2D eigenvalue weighted by Gasteiger charge is 2.34. The molecule has 1 aromatic rings. The topological polar surface area (TPSA) is 65.7 Å². The maximum atomic E-state index is 12.1. The third-order valence-corrected chi connectivity index (χ3v) is 3.16. The highest BCUT2D eigenvalue weighted by atomic mass is 16.3. The van der Waals surface area contributed by atoms with Crippen LogP contribution in [-0.4, -0.2) is 48.2 Å². The highest BCUT2D eigenvalue weighted by Crippen LogP contribution is 2.18. The van der Waals surface area contributed by atoms with Gasteiger partial charge in [0, 0.05) is 19.2 Å².